The molecule has 2 aromatic rings. The highest BCUT2D eigenvalue weighted by atomic mass is 16.6. The van der Waals surface area contributed by atoms with Crippen LogP contribution in [0.5, 0.6) is 11.5 Å². The molecule has 1 aliphatic heterocycles. The molecule has 0 atom stereocenters. The predicted molar refractivity (Wildman–Crippen MR) is 119 cm³/mol. The standard InChI is InChI=1S/C22H26N4O5/c1-3-4-21(27)25-11-9-24(10-12-25)18-7-5-17(6-8-18)23-15-16-13-19(26(29)30)14-20(31-2)22(16)28/h5-8,13-15,28H,3-4,9-12H2,1-2H3. The van der Waals surface area contributed by atoms with E-state index in [2.05, 4.69) is 9.89 Å². The number of phenolic OH excluding ortho intramolecular Hbond substituents is 1. The number of ether oxygens (including phenoxy) is 1. The number of nitrogens with zero attached hydrogens (tertiary/aromatic N) is 4. The average molecular weight is 426 g/mol. The Bertz CT molecular complexity index is 967. The van der Waals surface area contributed by atoms with E-state index in [0.717, 1.165) is 31.3 Å². The summed E-state index contributed by atoms with van der Waals surface area (Å²) in [7, 11) is 1.33. The van der Waals surface area contributed by atoms with E-state index < -0.39 is 4.92 Å². The van der Waals surface area contributed by atoms with Gasteiger partial charge in [-0.2, -0.15) is 0 Å². The van der Waals surface area contributed by atoms with Crippen LogP contribution in [-0.4, -0.2) is 60.3 Å². The van der Waals surface area contributed by atoms with Crippen molar-refractivity contribution in [1.29, 1.82) is 0 Å². The van der Waals surface area contributed by atoms with Crippen molar-refractivity contribution < 1.29 is 19.6 Å². The molecule has 0 aromatic heterocycles. The molecule has 1 amide bonds. The third-order valence-corrected chi connectivity index (χ3v) is 5.18. The van der Waals surface area contributed by atoms with E-state index in [1.54, 1.807) is 0 Å². The number of hydrogen-bond acceptors (Lipinski definition) is 7. The van der Waals surface area contributed by atoms with E-state index in [1.807, 2.05) is 36.1 Å². The molecular weight excluding hydrogens is 400 g/mol. The number of benzene rings is 2. The number of aromatic hydroxyl groups is 1. The highest BCUT2D eigenvalue weighted by Gasteiger charge is 2.20. The minimum absolute atomic E-state index is 0.0163. The summed E-state index contributed by atoms with van der Waals surface area (Å²) in [6, 6.07) is 9.98. The third-order valence-electron chi connectivity index (χ3n) is 5.18. The number of hydrogen-bond donors (Lipinski definition) is 1. The number of aliphatic imine (C=N–C) groups is 1. The molecule has 1 N–H and O–H groups in total. The number of nitro benzene ring substituents is 1. The molecule has 0 spiro atoms. The van der Waals surface area contributed by atoms with Crippen LogP contribution in [-0.2, 0) is 4.79 Å². The largest absolute Gasteiger partial charge is 0.504 e. The Hall–Kier alpha value is -3.62. The summed E-state index contributed by atoms with van der Waals surface area (Å²) in [6.45, 7) is 4.99. The van der Waals surface area contributed by atoms with Gasteiger partial charge in [0, 0.05) is 56.1 Å². The molecule has 164 valence electrons. The summed E-state index contributed by atoms with van der Waals surface area (Å²) in [4.78, 5) is 31.0. The van der Waals surface area contributed by atoms with Crippen LogP contribution in [0.1, 0.15) is 25.3 Å². The average Bonchev–Trinajstić information content (AvgIpc) is 2.79. The first-order chi connectivity index (χ1) is 14.9. The topological polar surface area (TPSA) is 109 Å². The fourth-order valence-electron chi connectivity index (χ4n) is 3.45. The van der Waals surface area contributed by atoms with Gasteiger partial charge in [-0.05, 0) is 30.7 Å². The van der Waals surface area contributed by atoms with Crippen molar-refractivity contribution in [3.8, 4) is 11.5 Å². The minimum atomic E-state index is -0.552. The molecule has 2 aromatic carbocycles. The molecule has 0 aliphatic carbocycles. The zero-order valence-corrected chi connectivity index (χ0v) is 17.7. The quantitative estimate of drug-likeness (QED) is 0.412. The fourth-order valence-corrected chi connectivity index (χ4v) is 3.45. The SMILES string of the molecule is CCCC(=O)N1CCN(c2ccc(N=Cc3cc([N+](=O)[O-])cc(OC)c3O)cc2)CC1. The number of amides is 1. The molecule has 0 saturated carbocycles. The van der Waals surface area contributed by atoms with Crippen molar-refractivity contribution in [3.63, 3.8) is 0 Å². The maximum Gasteiger partial charge on any atom is 0.274 e. The second kappa shape index (κ2) is 9.92. The zero-order chi connectivity index (χ0) is 22.4. The Morgan fingerprint density at radius 3 is 2.48 bits per heavy atom. The van der Waals surface area contributed by atoms with Gasteiger partial charge < -0.3 is 19.6 Å². The van der Waals surface area contributed by atoms with Crippen LogP contribution in [0, 0.1) is 10.1 Å². The second-order valence-corrected chi connectivity index (χ2v) is 7.24. The first-order valence-electron chi connectivity index (χ1n) is 10.1. The second-order valence-electron chi connectivity index (χ2n) is 7.24. The Morgan fingerprint density at radius 2 is 1.90 bits per heavy atom. The van der Waals surface area contributed by atoms with Gasteiger partial charge in [0.2, 0.25) is 5.91 Å². The van der Waals surface area contributed by atoms with Gasteiger partial charge >= 0.3 is 0 Å². The van der Waals surface area contributed by atoms with Crippen LogP contribution in [0.15, 0.2) is 41.4 Å². The molecule has 9 nitrogen and oxygen atoms in total. The Morgan fingerprint density at radius 1 is 1.23 bits per heavy atom. The normalized spacial score (nSPS) is 14.1. The van der Waals surface area contributed by atoms with Crippen LogP contribution in [0.4, 0.5) is 17.1 Å². The number of carbonyl (C=O) groups excluding carboxylic acids is 1. The number of piperazine rings is 1. The van der Waals surface area contributed by atoms with Gasteiger partial charge in [-0.1, -0.05) is 6.92 Å². The maximum atomic E-state index is 12.0. The Labute approximate surface area is 180 Å². The van der Waals surface area contributed by atoms with Crippen LogP contribution in [0.3, 0.4) is 0 Å². The Kier molecular flexibility index (Phi) is 7.07. The van der Waals surface area contributed by atoms with Gasteiger partial charge in [-0.15, -0.1) is 0 Å². The van der Waals surface area contributed by atoms with Gasteiger partial charge in [0.15, 0.2) is 11.5 Å². The number of carbonyl (C=O) groups is 1. The van der Waals surface area contributed by atoms with Crippen molar-refractivity contribution in [3.05, 3.63) is 52.1 Å². The van der Waals surface area contributed by atoms with Gasteiger partial charge in [0.05, 0.1) is 23.8 Å². The summed E-state index contributed by atoms with van der Waals surface area (Å²) in [5.41, 5.74) is 1.69. The molecule has 1 heterocycles. The van der Waals surface area contributed by atoms with E-state index in [0.29, 0.717) is 25.2 Å². The first kappa shape index (κ1) is 22.1. The summed E-state index contributed by atoms with van der Waals surface area (Å²) >= 11 is 0. The number of methoxy groups -OCH3 is 1. The molecule has 0 radical (unpaired) electrons. The third kappa shape index (κ3) is 5.30. The number of non-ortho nitro benzene ring substituents is 1. The molecule has 1 saturated heterocycles. The van der Waals surface area contributed by atoms with Gasteiger partial charge in [-0.25, -0.2) is 0 Å². The summed E-state index contributed by atoms with van der Waals surface area (Å²) in [5.74, 6) is 0.0272. The lowest BCUT2D eigenvalue weighted by Crippen LogP contribution is -2.48. The molecule has 0 unspecified atom stereocenters. The number of nitro groups is 1. The van der Waals surface area contributed by atoms with Crippen LogP contribution < -0.4 is 9.64 Å². The minimum Gasteiger partial charge on any atom is -0.504 e. The van der Waals surface area contributed by atoms with Crippen LogP contribution in [0.2, 0.25) is 0 Å². The number of rotatable bonds is 7. The van der Waals surface area contributed by atoms with E-state index in [4.69, 9.17) is 4.74 Å². The molecule has 1 aliphatic rings. The zero-order valence-electron chi connectivity index (χ0n) is 17.7. The lowest BCUT2D eigenvalue weighted by Gasteiger charge is -2.36. The smallest absolute Gasteiger partial charge is 0.274 e. The molecule has 31 heavy (non-hydrogen) atoms. The highest BCUT2D eigenvalue weighted by molar-refractivity contribution is 5.88. The van der Waals surface area contributed by atoms with Crippen molar-refractivity contribution in [2.45, 2.75) is 19.8 Å². The van der Waals surface area contributed by atoms with E-state index in [1.165, 1.54) is 19.4 Å². The predicted octanol–water partition coefficient (Wildman–Crippen LogP) is 3.51. The maximum absolute atomic E-state index is 12.0. The van der Waals surface area contributed by atoms with Crippen molar-refractivity contribution >= 4 is 29.2 Å². The lowest BCUT2D eigenvalue weighted by molar-refractivity contribution is -0.385. The molecule has 1 fully saturated rings. The number of phenols is 1. The van der Waals surface area contributed by atoms with Crippen LogP contribution >= 0.6 is 0 Å². The Balaban J connectivity index is 1.68. The summed E-state index contributed by atoms with van der Waals surface area (Å²) in [5, 5.41) is 21.3. The summed E-state index contributed by atoms with van der Waals surface area (Å²) in [6.07, 6.45) is 2.83. The molecule has 0 bridgehead atoms. The molecular formula is C22H26N4O5. The van der Waals surface area contributed by atoms with E-state index in [-0.39, 0.29) is 28.7 Å². The fraction of sp³-hybridized carbons (Fsp3) is 0.364. The van der Waals surface area contributed by atoms with E-state index >= 15 is 0 Å². The number of anilines is 1. The van der Waals surface area contributed by atoms with E-state index in [9.17, 15) is 20.0 Å². The van der Waals surface area contributed by atoms with Gasteiger partial charge in [0.25, 0.3) is 5.69 Å². The van der Waals surface area contributed by atoms with Crippen molar-refractivity contribution in [2.75, 3.05) is 38.2 Å². The van der Waals surface area contributed by atoms with Crippen LogP contribution in [0.25, 0.3) is 0 Å². The molecule has 3 rings (SSSR count). The van der Waals surface area contributed by atoms with Crippen molar-refractivity contribution in [2.24, 2.45) is 4.99 Å². The van der Waals surface area contributed by atoms with Gasteiger partial charge in [-0.3, -0.25) is 19.9 Å². The highest BCUT2D eigenvalue weighted by Crippen LogP contribution is 2.34. The van der Waals surface area contributed by atoms with Crippen molar-refractivity contribution in [1.82, 2.24) is 4.90 Å². The molecule has 9 heteroatoms. The first-order valence-corrected chi connectivity index (χ1v) is 10.1. The van der Waals surface area contributed by atoms with Gasteiger partial charge in [0.1, 0.15) is 0 Å². The lowest BCUT2D eigenvalue weighted by atomic mass is 10.1. The monoisotopic (exact) mass is 426 g/mol. The summed E-state index contributed by atoms with van der Waals surface area (Å²) < 4.78 is 5.00.